The van der Waals surface area contributed by atoms with Crippen molar-refractivity contribution in [2.45, 2.75) is 6.92 Å². The molecule has 1 aromatic carbocycles. The minimum atomic E-state index is 0.812. The molecule has 0 aliphatic heterocycles. The van der Waals surface area contributed by atoms with Gasteiger partial charge >= 0.3 is 0 Å². The lowest BCUT2D eigenvalue weighted by molar-refractivity contribution is 0.397. The van der Waals surface area contributed by atoms with Crippen molar-refractivity contribution in [3.05, 3.63) is 23.9 Å². The number of aromatic nitrogens is 1. The number of ether oxygens (including phenoxy) is 2. The molecule has 1 aromatic heterocycles. The van der Waals surface area contributed by atoms with Gasteiger partial charge in [-0.2, -0.15) is 0 Å². The fourth-order valence-electron chi connectivity index (χ4n) is 1.59. The number of aromatic amines is 1. The summed E-state index contributed by atoms with van der Waals surface area (Å²) in [6.45, 7) is 2.05. The van der Waals surface area contributed by atoms with Crippen LogP contribution in [0.5, 0.6) is 11.5 Å². The van der Waals surface area contributed by atoms with E-state index in [0.29, 0.717) is 0 Å². The summed E-state index contributed by atoms with van der Waals surface area (Å²) in [5.74, 6) is 1.63. The molecule has 1 N–H and O–H groups in total. The van der Waals surface area contributed by atoms with Gasteiger partial charge in [0.25, 0.3) is 0 Å². The van der Waals surface area contributed by atoms with Crippen molar-refractivity contribution in [2.24, 2.45) is 0 Å². The molecule has 3 heteroatoms. The predicted molar refractivity (Wildman–Crippen MR) is 56.1 cm³/mol. The molecule has 3 nitrogen and oxygen atoms in total. The second-order valence-corrected chi connectivity index (χ2v) is 3.22. The van der Waals surface area contributed by atoms with E-state index in [1.165, 1.54) is 5.56 Å². The molecule has 0 atom stereocenters. The van der Waals surface area contributed by atoms with E-state index in [4.69, 9.17) is 9.47 Å². The lowest BCUT2D eigenvalue weighted by atomic mass is 10.2. The zero-order valence-corrected chi connectivity index (χ0v) is 8.55. The van der Waals surface area contributed by atoms with E-state index in [1.807, 2.05) is 18.3 Å². The molecule has 2 rings (SSSR count). The van der Waals surface area contributed by atoms with Gasteiger partial charge in [0.1, 0.15) is 11.5 Å². The Balaban J connectivity index is 2.76. The van der Waals surface area contributed by atoms with Crippen LogP contribution in [0.4, 0.5) is 0 Å². The van der Waals surface area contributed by atoms with E-state index < -0.39 is 0 Å². The molecular formula is C11H13NO2. The van der Waals surface area contributed by atoms with E-state index in [0.717, 1.165) is 22.4 Å². The molecule has 2 aromatic rings. The smallest absolute Gasteiger partial charge is 0.146 e. The molecule has 0 aliphatic carbocycles. The lowest BCUT2D eigenvalue weighted by Gasteiger charge is -2.05. The minimum Gasteiger partial charge on any atom is -0.497 e. The zero-order valence-electron chi connectivity index (χ0n) is 8.55. The first-order chi connectivity index (χ1) is 6.76. The number of aryl methyl sites for hydroxylation is 1. The van der Waals surface area contributed by atoms with Gasteiger partial charge < -0.3 is 14.5 Å². The second-order valence-electron chi connectivity index (χ2n) is 3.22. The first kappa shape index (κ1) is 8.94. The largest absolute Gasteiger partial charge is 0.497 e. The maximum atomic E-state index is 5.27. The Morgan fingerprint density at radius 2 is 1.93 bits per heavy atom. The van der Waals surface area contributed by atoms with Crippen molar-refractivity contribution in [3.63, 3.8) is 0 Å². The number of fused-ring (bicyclic) bond motifs is 1. The number of nitrogens with one attached hydrogen (secondary N) is 1. The fourth-order valence-corrected chi connectivity index (χ4v) is 1.59. The normalized spacial score (nSPS) is 10.5. The highest BCUT2D eigenvalue weighted by Crippen LogP contribution is 2.31. The summed E-state index contributed by atoms with van der Waals surface area (Å²) < 4.78 is 10.5. The summed E-state index contributed by atoms with van der Waals surface area (Å²) in [6.07, 6.45) is 1.96. The van der Waals surface area contributed by atoms with Gasteiger partial charge in [-0.3, -0.25) is 0 Å². The van der Waals surface area contributed by atoms with Crippen LogP contribution in [0.25, 0.3) is 10.9 Å². The molecule has 14 heavy (non-hydrogen) atoms. The van der Waals surface area contributed by atoms with Gasteiger partial charge in [-0.05, 0) is 18.6 Å². The highest BCUT2D eigenvalue weighted by Gasteiger charge is 2.07. The van der Waals surface area contributed by atoms with E-state index in [1.54, 1.807) is 14.2 Å². The van der Waals surface area contributed by atoms with Crippen molar-refractivity contribution in [1.82, 2.24) is 4.98 Å². The first-order valence-electron chi connectivity index (χ1n) is 4.46. The van der Waals surface area contributed by atoms with Crippen LogP contribution in [0, 0.1) is 6.92 Å². The van der Waals surface area contributed by atoms with E-state index in [9.17, 15) is 0 Å². The Morgan fingerprint density at radius 1 is 1.14 bits per heavy atom. The van der Waals surface area contributed by atoms with Crippen molar-refractivity contribution >= 4 is 10.9 Å². The monoisotopic (exact) mass is 191 g/mol. The maximum Gasteiger partial charge on any atom is 0.146 e. The topological polar surface area (TPSA) is 34.2 Å². The van der Waals surface area contributed by atoms with Crippen LogP contribution < -0.4 is 9.47 Å². The van der Waals surface area contributed by atoms with Crippen LogP contribution in [0.3, 0.4) is 0 Å². The Morgan fingerprint density at radius 3 is 2.57 bits per heavy atom. The average Bonchev–Trinajstić information content (AvgIpc) is 2.59. The van der Waals surface area contributed by atoms with Gasteiger partial charge in [0.2, 0.25) is 0 Å². The van der Waals surface area contributed by atoms with Gasteiger partial charge in [-0.15, -0.1) is 0 Å². The molecule has 0 aliphatic rings. The first-order valence-corrected chi connectivity index (χ1v) is 4.46. The van der Waals surface area contributed by atoms with Gasteiger partial charge in [0, 0.05) is 17.6 Å². The molecule has 0 amide bonds. The number of hydrogen-bond acceptors (Lipinski definition) is 2. The van der Waals surface area contributed by atoms with E-state index in [-0.39, 0.29) is 0 Å². The molecule has 0 bridgehead atoms. The second kappa shape index (κ2) is 3.25. The van der Waals surface area contributed by atoms with Crippen LogP contribution in [0.1, 0.15) is 5.56 Å². The van der Waals surface area contributed by atoms with Crippen LogP contribution in [-0.2, 0) is 0 Å². The lowest BCUT2D eigenvalue weighted by Crippen LogP contribution is -1.88. The summed E-state index contributed by atoms with van der Waals surface area (Å²) in [4.78, 5) is 3.18. The van der Waals surface area contributed by atoms with Crippen LogP contribution >= 0.6 is 0 Å². The fraction of sp³-hybridized carbons (Fsp3) is 0.273. The molecule has 0 spiro atoms. The van der Waals surface area contributed by atoms with Crippen molar-refractivity contribution in [1.29, 1.82) is 0 Å². The third-order valence-electron chi connectivity index (χ3n) is 2.39. The average molecular weight is 191 g/mol. The molecule has 0 fully saturated rings. The predicted octanol–water partition coefficient (Wildman–Crippen LogP) is 2.49. The Hall–Kier alpha value is -1.64. The minimum absolute atomic E-state index is 0.812. The standard InChI is InChI=1S/C11H13NO2/c1-7-6-12-11-9(7)4-8(13-2)5-10(11)14-3/h4-6,12H,1-3H3. The molecular weight excluding hydrogens is 178 g/mol. The third-order valence-corrected chi connectivity index (χ3v) is 2.39. The Bertz CT molecular complexity index is 460. The summed E-state index contributed by atoms with van der Waals surface area (Å²) >= 11 is 0. The molecule has 74 valence electrons. The quantitative estimate of drug-likeness (QED) is 0.791. The van der Waals surface area contributed by atoms with Gasteiger partial charge in [0.15, 0.2) is 0 Å². The molecule has 0 radical (unpaired) electrons. The van der Waals surface area contributed by atoms with Crippen molar-refractivity contribution < 1.29 is 9.47 Å². The molecule has 0 saturated heterocycles. The molecule has 0 saturated carbocycles. The zero-order chi connectivity index (χ0) is 10.1. The van der Waals surface area contributed by atoms with Crippen LogP contribution in [0.15, 0.2) is 18.3 Å². The number of benzene rings is 1. The summed E-state index contributed by atoms with van der Waals surface area (Å²) in [5, 5.41) is 1.14. The highest BCUT2D eigenvalue weighted by atomic mass is 16.5. The van der Waals surface area contributed by atoms with Gasteiger partial charge in [-0.1, -0.05) is 0 Å². The van der Waals surface area contributed by atoms with Crippen molar-refractivity contribution in [2.75, 3.05) is 14.2 Å². The molecule has 1 heterocycles. The van der Waals surface area contributed by atoms with E-state index >= 15 is 0 Å². The number of methoxy groups -OCH3 is 2. The Kier molecular flexibility index (Phi) is 2.08. The number of H-pyrrole nitrogens is 1. The Labute approximate surface area is 82.6 Å². The van der Waals surface area contributed by atoms with E-state index in [2.05, 4.69) is 11.9 Å². The SMILES string of the molecule is COc1cc(OC)c2[nH]cc(C)c2c1. The van der Waals surface area contributed by atoms with Crippen molar-refractivity contribution in [3.8, 4) is 11.5 Å². The summed E-state index contributed by atoms with van der Waals surface area (Å²) in [6, 6.07) is 3.88. The number of rotatable bonds is 2. The third kappa shape index (κ3) is 1.21. The summed E-state index contributed by atoms with van der Waals surface area (Å²) in [7, 11) is 3.31. The maximum absolute atomic E-state index is 5.27. The summed E-state index contributed by atoms with van der Waals surface area (Å²) in [5.41, 5.74) is 2.21. The van der Waals surface area contributed by atoms with Gasteiger partial charge in [0.05, 0.1) is 19.7 Å². The van der Waals surface area contributed by atoms with Gasteiger partial charge in [-0.25, -0.2) is 0 Å². The van der Waals surface area contributed by atoms with Crippen LogP contribution in [0.2, 0.25) is 0 Å². The van der Waals surface area contributed by atoms with Crippen LogP contribution in [-0.4, -0.2) is 19.2 Å². The number of hydrogen-bond donors (Lipinski definition) is 1. The highest BCUT2D eigenvalue weighted by molar-refractivity contribution is 5.89. The molecule has 0 unspecified atom stereocenters.